The summed E-state index contributed by atoms with van der Waals surface area (Å²) in [5.74, 6) is 0.0208. The summed E-state index contributed by atoms with van der Waals surface area (Å²) >= 11 is 3.39. The molecule has 0 bridgehead atoms. The summed E-state index contributed by atoms with van der Waals surface area (Å²) in [5.41, 5.74) is 8.04. The lowest BCUT2D eigenvalue weighted by atomic mass is 10.0. The molecule has 0 aliphatic carbocycles. The first-order valence-corrected chi connectivity index (χ1v) is 7.18. The Balaban J connectivity index is 2.29. The number of carbonyl (C=O) groups is 1. The molecule has 1 fully saturated rings. The van der Waals surface area contributed by atoms with Crippen LogP contribution in [0.15, 0.2) is 16.6 Å². The average molecular weight is 327 g/mol. The molecule has 2 N–H and O–H groups in total. The van der Waals surface area contributed by atoms with E-state index in [0.717, 1.165) is 10.0 Å². The van der Waals surface area contributed by atoms with Crippen LogP contribution in [0.4, 0.5) is 5.69 Å². The van der Waals surface area contributed by atoms with Gasteiger partial charge in [-0.2, -0.15) is 0 Å². The first-order valence-electron chi connectivity index (χ1n) is 6.39. The van der Waals surface area contributed by atoms with E-state index in [9.17, 15) is 4.79 Å². The van der Waals surface area contributed by atoms with Gasteiger partial charge >= 0.3 is 0 Å². The van der Waals surface area contributed by atoms with Gasteiger partial charge in [0.2, 0.25) is 0 Å². The number of morpholine rings is 1. The first kappa shape index (κ1) is 14.3. The fourth-order valence-electron chi connectivity index (χ4n) is 2.44. The lowest BCUT2D eigenvalue weighted by Crippen LogP contribution is -2.48. The van der Waals surface area contributed by atoms with E-state index in [4.69, 9.17) is 10.5 Å². The van der Waals surface area contributed by atoms with Crippen molar-refractivity contribution in [1.29, 1.82) is 0 Å². The molecule has 1 aromatic rings. The average Bonchev–Trinajstić information content (AvgIpc) is 2.31. The number of amides is 1. The van der Waals surface area contributed by atoms with Crippen molar-refractivity contribution < 1.29 is 9.53 Å². The summed E-state index contributed by atoms with van der Waals surface area (Å²) < 4.78 is 6.48. The molecule has 19 heavy (non-hydrogen) atoms. The van der Waals surface area contributed by atoms with Gasteiger partial charge < -0.3 is 15.4 Å². The lowest BCUT2D eigenvalue weighted by Gasteiger charge is -2.35. The Hall–Kier alpha value is -1.07. The number of nitrogen functional groups attached to an aromatic ring is 1. The number of ether oxygens (including phenoxy) is 1. The van der Waals surface area contributed by atoms with Gasteiger partial charge in [0.1, 0.15) is 0 Å². The van der Waals surface area contributed by atoms with Crippen molar-refractivity contribution in [2.24, 2.45) is 0 Å². The molecular weight excluding hydrogens is 308 g/mol. The van der Waals surface area contributed by atoms with Gasteiger partial charge in [0.25, 0.3) is 5.91 Å². The quantitative estimate of drug-likeness (QED) is 0.807. The Morgan fingerprint density at radius 2 is 1.95 bits per heavy atom. The number of carbonyl (C=O) groups excluding carboxylic acids is 1. The van der Waals surface area contributed by atoms with E-state index in [1.165, 1.54) is 0 Å². The highest BCUT2D eigenvalue weighted by Gasteiger charge is 2.27. The van der Waals surface area contributed by atoms with Crippen molar-refractivity contribution in [3.05, 3.63) is 27.7 Å². The molecule has 0 aromatic heterocycles. The van der Waals surface area contributed by atoms with Crippen molar-refractivity contribution >= 4 is 27.5 Å². The van der Waals surface area contributed by atoms with Gasteiger partial charge in [-0.1, -0.05) is 15.9 Å². The zero-order chi connectivity index (χ0) is 14.2. The highest BCUT2D eigenvalue weighted by Crippen LogP contribution is 2.25. The smallest absolute Gasteiger partial charge is 0.254 e. The van der Waals surface area contributed by atoms with E-state index in [1.54, 1.807) is 0 Å². The minimum Gasteiger partial charge on any atom is -0.398 e. The predicted octanol–water partition coefficient (Wildman–Crippen LogP) is 2.59. The molecule has 2 atom stereocenters. The topological polar surface area (TPSA) is 55.6 Å². The van der Waals surface area contributed by atoms with E-state index in [0.29, 0.717) is 24.3 Å². The Morgan fingerprint density at radius 3 is 2.53 bits per heavy atom. The van der Waals surface area contributed by atoms with Gasteiger partial charge in [-0.05, 0) is 38.5 Å². The standard InChI is InChI=1S/C14H19BrN2O2/c1-8-6-17(7-9(2)19-8)14(18)12-4-11(15)5-13(16)10(12)3/h4-5,8-9H,6-7,16H2,1-3H3. The van der Waals surface area contributed by atoms with Gasteiger partial charge in [0.15, 0.2) is 0 Å². The van der Waals surface area contributed by atoms with Crippen LogP contribution in [-0.2, 0) is 4.74 Å². The molecule has 1 aliphatic rings. The molecule has 2 rings (SSSR count). The minimum absolute atomic E-state index is 0.0208. The zero-order valence-corrected chi connectivity index (χ0v) is 13.0. The van der Waals surface area contributed by atoms with Crippen molar-refractivity contribution in [3.8, 4) is 0 Å². The van der Waals surface area contributed by atoms with Crippen LogP contribution in [0.5, 0.6) is 0 Å². The Morgan fingerprint density at radius 1 is 1.37 bits per heavy atom. The van der Waals surface area contributed by atoms with Crippen LogP contribution in [0.3, 0.4) is 0 Å². The summed E-state index contributed by atoms with van der Waals surface area (Å²) in [5, 5.41) is 0. The molecule has 0 radical (unpaired) electrons. The van der Waals surface area contributed by atoms with Crippen LogP contribution in [0.25, 0.3) is 0 Å². The Bertz CT molecular complexity index is 494. The summed E-state index contributed by atoms with van der Waals surface area (Å²) in [6.45, 7) is 7.09. The van der Waals surface area contributed by atoms with E-state index in [1.807, 2.05) is 37.8 Å². The second-order valence-corrected chi connectivity index (χ2v) is 6.05. The third-order valence-electron chi connectivity index (χ3n) is 3.35. The zero-order valence-electron chi connectivity index (χ0n) is 11.4. The molecule has 4 nitrogen and oxygen atoms in total. The first-order chi connectivity index (χ1) is 8.88. The van der Waals surface area contributed by atoms with Crippen molar-refractivity contribution in [2.45, 2.75) is 33.0 Å². The fourth-order valence-corrected chi connectivity index (χ4v) is 2.91. The Kier molecular flexibility index (Phi) is 4.16. The highest BCUT2D eigenvalue weighted by molar-refractivity contribution is 9.10. The van der Waals surface area contributed by atoms with E-state index in [2.05, 4.69) is 15.9 Å². The third kappa shape index (κ3) is 3.09. The number of rotatable bonds is 1. The van der Waals surface area contributed by atoms with Crippen LogP contribution in [0.2, 0.25) is 0 Å². The van der Waals surface area contributed by atoms with E-state index >= 15 is 0 Å². The molecule has 5 heteroatoms. The number of hydrogen-bond acceptors (Lipinski definition) is 3. The summed E-state index contributed by atoms with van der Waals surface area (Å²) in [7, 11) is 0. The molecule has 1 aromatic carbocycles. The van der Waals surface area contributed by atoms with Crippen molar-refractivity contribution in [1.82, 2.24) is 4.90 Å². The maximum atomic E-state index is 12.6. The molecule has 1 aliphatic heterocycles. The number of anilines is 1. The van der Waals surface area contributed by atoms with Crippen LogP contribution < -0.4 is 5.73 Å². The molecule has 1 heterocycles. The summed E-state index contributed by atoms with van der Waals surface area (Å²) in [6, 6.07) is 3.65. The predicted molar refractivity (Wildman–Crippen MR) is 79.2 cm³/mol. The molecule has 2 unspecified atom stereocenters. The normalized spacial score (nSPS) is 23.5. The number of nitrogens with zero attached hydrogens (tertiary/aromatic N) is 1. The number of benzene rings is 1. The number of hydrogen-bond donors (Lipinski definition) is 1. The van der Waals surface area contributed by atoms with Gasteiger partial charge in [-0.3, -0.25) is 4.79 Å². The van der Waals surface area contributed by atoms with Gasteiger partial charge in [0, 0.05) is 28.8 Å². The maximum Gasteiger partial charge on any atom is 0.254 e. The molecule has 1 amide bonds. The molecular formula is C14H19BrN2O2. The number of nitrogens with two attached hydrogens (primary N) is 1. The Labute approximate surface area is 122 Å². The molecule has 0 spiro atoms. The van der Waals surface area contributed by atoms with Gasteiger partial charge in [-0.15, -0.1) is 0 Å². The van der Waals surface area contributed by atoms with Gasteiger partial charge in [-0.25, -0.2) is 0 Å². The van der Waals surface area contributed by atoms with Crippen LogP contribution in [-0.4, -0.2) is 36.1 Å². The van der Waals surface area contributed by atoms with E-state index in [-0.39, 0.29) is 18.1 Å². The molecule has 1 saturated heterocycles. The number of halogens is 1. The second kappa shape index (κ2) is 5.51. The SMILES string of the molecule is Cc1c(N)cc(Br)cc1C(=O)N1CC(C)OC(C)C1. The largest absolute Gasteiger partial charge is 0.398 e. The van der Waals surface area contributed by atoms with E-state index < -0.39 is 0 Å². The highest BCUT2D eigenvalue weighted by atomic mass is 79.9. The van der Waals surface area contributed by atoms with Gasteiger partial charge in [0.05, 0.1) is 12.2 Å². The summed E-state index contributed by atoms with van der Waals surface area (Å²) in [4.78, 5) is 14.5. The maximum absolute atomic E-state index is 12.6. The van der Waals surface area contributed by atoms with Crippen LogP contribution in [0.1, 0.15) is 29.8 Å². The van der Waals surface area contributed by atoms with Crippen molar-refractivity contribution in [3.63, 3.8) is 0 Å². The lowest BCUT2D eigenvalue weighted by molar-refractivity contribution is -0.0586. The van der Waals surface area contributed by atoms with Crippen LogP contribution in [0, 0.1) is 6.92 Å². The van der Waals surface area contributed by atoms with Crippen molar-refractivity contribution in [2.75, 3.05) is 18.8 Å². The fraction of sp³-hybridized carbons (Fsp3) is 0.500. The molecule has 0 saturated carbocycles. The van der Waals surface area contributed by atoms with Crippen LogP contribution >= 0.6 is 15.9 Å². The third-order valence-corrected chi connectivity index (χ3v) is 3.81. The summed E-state index contributed by atoms with van der Waals surface area (Å²) in [6.07, 6.45) is 0.134. The molecule has 104 valence electrons. The monoisotopic (exact) mass is 326 g/mol. The second-order valence-electron chi connectivity index (χ2n) is 5.14. The minimum atomic E-state index is 0.0208.